The SMILES string of the molecule is CCNC1C[C@H]2CC[C@@]1(CS(=O)(=O)N1CCN(c3ccc(C(F)(F)F)cn3)CC1)C2(C)C. The molecule has 1 aliphatic heterocycles. The van der Waals surface area contributed by atoms with Gasteiger partial charge >= 0.3 is 6.18 Å². The van der Waals surface area contributed by atoms with Crippen LogP contribution in [0.5, 0.6) is 0 Å². The van der Waals surface area contributed by atoms with E-state index in [4.69, 9.17) is 0 Å². The maximum atomic E-state index is 13.5. The molecule has 0 aromatic carbocycles. The topological polar surface area (TPSA) is 65.5 Å². The summed E-state index contributed by atoms with van der Waals surface area (Å²) in [5.41, 5.74) is -1.08. The number of aromatic nitrogens is 1. The van der Waals surface area contributed by atoms with Gasteiger partial charge in [-0.25, -0.2) is 13.4 Å². The van der Waals surface area contributed by atoms with E-state index in [-0.39, 0.29) is 22.6 Å². The zero-order chi connectivity index (χ0) is 23.4. The van der Waals surface area contributed by atoms with Gasteiger partial charge in [-0.3, -0.25) is 0 Å². The van der Waals surface area contributed by atoms with Crippen molar-refractivity contribution in [3.63, 3.8) is 0 Å². The number of rotatable bonds is 6. The summed E-state index contributed by atoms with van der Waals surface area (Å²) < 4.78 is 66.9. The number of sulfonamides is 1. The van der Waals surface area contributed by atoms with Crippen molar-refractivity contribution in [2.24, 2.45) is 16.7 Å². The first-order chi connectivity index (χ1) is 14.9. The normalized spacial score (nSPS) is 30.8. The predicted molar refractivity (Wildman–Crippen MR) is 118 cm³/mol. The lowest BCUT2D eigenvalue weighted by atomic mass is 9.69. The summed E-state index contributed by atoms with van der Waals surface area (Å²) >= 11 is 0. The minimum absolute atomic E-state index is 0.0289. The van der Waals surface area contributed by atoms with Crippen LogP contribution in [0, 0.1) is 16.7 Å². The Bertz CT molecular complexity index is 927. The largest absolute Gasteiger partial charge is 0.417 e. The van der Waals surface area contributed by atoms with Crippen molar-refractivity contribution in [2.75, 3.05) is 43.4 Å². The van der Waals surface area contributed by atoms with E-state index in [1.165, 1.54) is 6.07 Å². The molecular weight excluding hydrogens is 441 g/mol. The van der Waals surface area contributed by atoms with Crippen LogP contribution in [0.1, 0.15) is 45.6 Å². The standard InChI is InChI=1S/C22H33F3N4O2S/c1-4-26-18-13-16-7-8-21(18,20(16,2)3)15-32(30,31)29-11-9-28(10-12-29)19-6-5-17(14-27-19)22(23,24)25/h5-6,14,16,18,26H,4,7-13,15H2,1-3H3/t16-,18?,21+/m1/s1. The molecule has 4 rings (SSSR count). The van der Waals surface area contributed by atoms with Crippen molar-refractivity contribution in [2.45, 2.75) is 52.3 Å². The van der Waals surface area contributed by atoms with Crippen LogP contribution in [-0.2, 0) is 16.2 Å². The van der Waals surface area contributed by atoms with E-state index >= 15 is 0 Å². The lowest BCUT2D eigenvalue weighted by molar-refractivity contribution is -0.137. The smallest absolute Gasteiger partial charge is 0.354 e. The summed E-state index contributed by atoms with van der Waals surface area (Å²) in [7, 11) is -3.47. The lowest BCUT2D eigenvalue weighted by Gasteiger charge is -2.44. The molecule has 32 heavy (non-hydrogen) atoms. The van der Waals surface area contributed by atoms with Crippen molar-refractivity contribution in [3.05, 3.63) is 23.9 Å². The number of nitrogens with one attached hydrogen (secondary N) is 1. The first-order valence-electron chi connectivity index (χ1n) is 11.4. The van der Waals surface area contributed by atoms with Crippen LogP contribution < -0.4 is 10.2 Å². The Labute approximate surface area is 188 Å². The van der Waals surface area contributed by atoms with Gasteiger partial charge in [-0.2, -0.15) is 17.5 Å². The van der Waals surface area contributed by atoms with E-state index in [0.717, 1.165) is 38.1 Å². The maximum absolute atomic E-state index is 13.5. The number of alkyl halides is 3. The van der Waals surface area contributed by atoms with Gasteiger partial charge in [0, 0.05) is 43.8 Å². The van der Waals surface area contributed by atoms with Gasteiger partial charge in [0.15, 0.2) is 0 Å². The molecule has 2 aliphatic carbocycles. The van der Waals surface area contributed by atoms with E-state index in [1.807, 2.05) is 4.90 Å². The molecule has 2 bridgehead atoms. The average molecular weight is 475 g/mol. The van der Waals surface area contributed by atoms with Gasteiger partial charge in [-0.1, -0.05) is 20.8 Å². The van der Waals surface area contributed by atoms with Gasteiger partial charge in [-0.05, 0) is 49.3 Å². The molecule has 2 heterocycles. The van der Waals surface area contributed by atoms with Gasteiger partial charge in [-0.15, -0.1) is 0 Å². The molecule has 6 nitrogen and oxygen atoms in total. The number of halogens is 3. The molecule has 1 N–H and O–H groups in total. The highest BCUT2D eigenvalue weighted by Gasteiger charge is 2.65. The molecule has 0 radical (unpaired) electrons. The second-order valence-electron chi connectivity index (χ2n) is 10.0. The number of pyridine rings is 1. The number of fused-ring (bicyclic) bond motifs is 2. The molecule has 1 saturated heterocycles. The predicted octanol–water partition coefficient (Wildman–Crippen LogP) is 3.36. The monoisotopic (exact) mass is 474 g/mol. The minimum atomic E-state index is -4.42. The van der Waals surface area contributed by atoms with Crippen molar-refractivity contribution in [3.8, 4) is 0 Å². The minimum Gasteiger partial charge on any atom is -0.354 e. The summed E-state index contributed by atoms with van der Waals surface area (Å²) in [5.74, 6) is 1.14. The number of hydrogen-bond donors (Lipinski definition) is 1. The Balaban J connectivity index is 1.44. The highest BCUT2D eigenvalue weighted by atomic mass is 32.2. The van der Waals surface area contributed by atoms with Crippen LogP contribution in [0.3, 0.4) is 0 Å². The average Bonchev–Trinajstić information content (AvgIpc) is 3.08. The molecule has 180 valence electrons. The fourth-order valence-corrected chi connectivity index (χ4v) is 8.57. The van der Waals surface area contributed by atoms with Gasteiger partial charge in [0.2, 0.25) is 10.0 Å². The van der Waals surface area contributed by atoms with Crippen molar-refractivity contribution >= 4 is 15.8 Å². The van der Waals surface area contributed by atoms with Crippen LogP contribution in [0.2, 0.25) is 0 Å². The molecule has 1 aromatic rings. The number of anilines is 1. The summed E-state index contributed by atoms with van der Waals surface area (Å²) in [6.45, 7) is 8.80. The van der Waals surface area contributed by atoms with E-state index in [2.05, 4.69) is 31.1 Å². The zero-order valence-corrected chi connectivity index (χ0v) is 19.8. The molecule has 10 heteroatoms. The molecule has 1 aromatic heterocycles. The van der Waals surface area contributed by atoms with Crippen LogP contribution >= 0.6 is 0 Å². The molecule has 3 atom stereocenters. The Morgan fingerprint density at radius 3 is 2.41 bits per heavy atom. The zero-order valence-electron chi connectivity index (χ0n) is 19.0. The molecule has 0 amide bonds. The number of piperazine rings is 1. The molecule has 1 unspecified atom stereocenters. The number of hydrogen-bond acceptors (Lipinski definition) is 5. The van der Waals surface area contributed by atoms with Crippen LogP contribution in [0.4, 0.5) is 19.0 Å². The Kier molecular flexibility index (Phi) is 6.03. The van der Waals surface area contributed by atoms with Gasteiger partial charge < -0.3 is 10.2 Å². The van der Waals surface area contributed by atoms with Crippen LogP contribution in [0.25, 0.3) is 0 Å². The van der Waals surface area contributed by atoms with Crippen molar-refractivity contribution < 1.29 is 21.6 Å². The fraction of sp³-hybridized carbons (Fsp3) is 0.773. The third-order valence-corrected chi connectivity index (χ3v) is 10.4. The summed E-state index contributed by atoms with van der Waals surface area (Å²) in [4.78, 5) is 5.79. The molecular formula is C22H33F3N4O2S. The van der Waals surface area contributed by atoms with Crippen molar-refractivity contribution in [1.82, 2.24) is 14.6 Å². The molecule has 0 spiro atoms. The highest BCUT2D eigenvalue weighted by molar-refractivity contribution is 7.89. The van der Waals surface area contributed by atoms with Gasteiger partial charge in [0.05, 0.1) is 11.3 Å². The van der Waals surface area contributed by atoms with E-state index in [0.29, 0.717) is 37.9 Å². The Hall–Kier alpha value is -1.39. The van der Waals surface area contributed by atoms with Gasteiger partial charge in [0.25, 0.3) is 0 Å². The highest BCUT2D eigenvalue weighted by Crippen LogP contribution is 2.66. The first kappa shape index (κ1) is 23.8. The third-order valence-electron chi connectivity index (χ3n) is 8.35. The summed E-state index contributed by atoms with van der Waals surface area (Å²) in [5, 5.41) is 3.56. The van der Waals surface area contributed by atoms with E-state index in [1.54, 1.807) is 4.31 Å². The molecule has 3 fully saturated rings. The Morgan fingerprint density at radius 1 is 1.19 bits per heavy atom. The second kappa shape index (κ2) is 8.13. The molecule has 3 aliphatic rings. The fourth-order valence-electron chi connectivity index (χ4n) is 6.30. The summed E-state index contributed by atoms with van der Waals surface area (Å²) in [6, 6.07) is 2.59. The number of nitrogens with zero attached hydrogens (tertiary/aromatic N) is 3. The molecule has 2 saturated carbocycles. The van der Waals surface area contributed by atoms with E-state index < -0.39 is 21.8 Å². The summed E-state index contributed by atoms with van der Waals surface area (Å²) in [6.07, 6.45) is -0.550. The third kappa shape index (κ3) is 3.92. The van der Waals surface area contributed by atoms with Crippen molar-refractivity contribution in [1.29, 1.82) is 0 Å². The second-order valence-corrected chi connectivity index (χ2v) is 12.0. The quantitative estimate of drug-likeness (QED) is 0.685. The Morgan fingerprint density at radius 2 is 1.88 bits per heavy atom. The van der Waals surface area contributed by atoms with Crippen LogP contribution in [-0.4, -0.2) is 62.2 Å². The van der Waals surface area contributed by atoms with Gasteiger partial charge in [0.1, 0.15) is 5.82 Å². The maximum Gasteiger partial charge on any atom is 0.417 e. The van der Waals surface area contributed by atoms with E-state index in [9.17, 15) is 21.6 Å². The lowest BCUT2D eigenvalue weighted by Crippen LogP contribution is -2.55. The first-order valence-corrected chi connectivity index (χ1v) is 13.0. The van der Waals surface area contributed by atoms with Crippen LogP contribution in [0.15, 0.2) is 18.3 Å².